The molecule has 2 heterocycles. The van der Waals surface area contributed by atoms with Crippen LogP contribution in [-0.4, -0.2) is 65.0 Å². The summed E-state index contributed by atoms with van der Waals surface area (Å²) in [5, 5.41) is 11.9. The number of hydrogen-bond acceptors (Lipinski definition) is 4. The van der Waals surface area contributed by atoms with Gasteiger partial charge in [0.25, 0.3) is 5.91 Å². The van der Waals surface area contributed by atoms with Gasteiger partial charge in [-0.3, -0.25) is 9.48 Å². The van der Waals surface area contributed by atoms with E-state index in [1.54, 1.807) is 0 Å². The van der Waals surface area contributed by atoms with Crippen molar-refractivity contribution in [1.29, 1.82) is 0 Å². The Morgan fingerprint density at radius 3 is 2.27 bits per heavy atom. The van der Waals surface area contributed by atoms with Crippen molar-refractivity contribution in [1.82, 2.24) is 25.3 Å². The molecule has 7 aliphatic rings. The molecule has 6 aliphatic carbocycles. The van der Waals surface area contributed by atoms with Crippen LogP contribution in [0, 0.1) is 23.7 Å². The van der Waals surface area contributed by atoms with E-state index in [1.807, 2.05) is 4.90 Å². The molecule has 5 saturated carbocycles. The maximum absolute atomic E-state index is 13.9. The molecule has 1 aromatic heterocycles. The molecule has 1 atom stereocenters. The third-order valence-corrected chi connectivity index (χ3v) is 10.6. The maximum atomic E-state index is 13.9. The Bertz CT molecular complexity index is 997. The molecule has 8 heteroatoms. The van der Waals surface area contributed by atoms with Crippen LogP contribution in [0.25, 0.3) is 0 Å². The molecule has 2 N–H and O–H groups in total. The molecular formula is C29H43N5O3. The zero-order valence-corrected chi connectivity index (χ0v) is 22.1. The first-order chi connectivity index (χ1) is 18.1. The van der Waals surface area contributed by atoms with Crippen molar-refractivity contribution in [3.8, 4) is 0 Å². The summed E-state index contributed by atoms with van der Waals surface area (Å²) in [7, 11) is 0. The van der Waals surface area contributed by atoms with Crippen molar-refractivity contribution >= 4 is 11.9 Å². The number of fused-ring (bicyclic) bond motifs is 1. The van der Waals surface area contributed by atoms with E-state index in [0.717, 1.165) is 43.1 Å². The summed E-state index contributed by atoms with van der Waals surface area (Å²) < 4.78 is 7.65. The van der Waals surface area contributed by atoms with E-state index in [0.29, 0.717) is 62.3 Å². The summed E-state index contributed by atoms with van der Waals surface area (Å²) in [6.07, 6.45) is 15.2. The highest BCUT2D eigenvalue weighted by molar-refractivity contribution is 5.94. The molecule has 6 fully saturated rings. The number of carbonyl (C=O) groups excluding carboxylic acids is 2. The molecule has 1 aromatic rings. The normalized spacial score (nSPS) is 35.3. The van der Waals surface area contributed by atoms with Gasteiger partial charge in [-0.15, -0.1) is 0 Å². The fourth-order valence-corrected chi connectivity index (χ4v) is 8.99. The molecule has 8 nitrogen and oxygen atoms in total. The van der Waals surface area contributed by atoms with Crippen molar-refractivity contribution in [3.05, 3.63) is 17.0 Å². The fraction of sp³-hybridized carbons (Fsp3) is 0.828. The molecule has 0 spiro atoms. The van der Waals surface area contributed by atoms with Crippen LogP contribution in [0.3, 0.4) is 0 Å². The average molecular weight is 510 g/mol. The highest BCUT2D eigenvalue weighted by atomic mass is 16.5. The number of carbonyl (C=O) groups is 2. The number of nitrogens with zero attached hydrogens (tertiary/aromatic N) is 3. The van der Waals surface area contributed by atoms with Gasteiger partial charge >= 0.3 is 6.03 Å². The number of rotatable bonds is 4. The predicted octanol–water partition coefficient (Wildman–Crippen LogP) is 3.84. The van der Waals surface area contributed by atoms with Gasteiger partial charge in [0.05, 0.1) is 19.3 Å². The van der Waals surface area contributed by atoms with E-state index < -0.39 is 0 Å². The largest absolute Gasteiger partial charge is 0.378 e. The lowest BCUT2D eigenvalue weighted by Gasteiger charge is -2.54. The summed E-state index contributed by atoms with van der Waals surface area (Å²) in [4.78, 5) is 28.6. The smallest absolute Gasteiger partial charge is 0.317 e. The van der Waals surface area contributed by atoms with Crippen LogP contribution >= 0.6 is 0 Å². The second-order valence-electron chi connectivity index (χ2n) is 12.9. The van der Waals surface area contributed by atoms with Crippen LogP contribution in [0.5, 0.6) is 0 Å². The van der Waals surface area contributed by atoms with Crippen molar-refractivity contribution in [3.63, 3.8) is 0 Å². The Morgan fingerprint density at radius 2 is 1.57 bits per heavy atom. The van der Waals surface area contributed by atoms with E-state index in [4.69, 9.17) is 9.84 Å². The van der Waals surface area contributed by atoms with Gasteiger partial charge in [0.15, 0.2) is 5.69 Å². The van der Waals surface area contributed by atoms with Gasteiger partial charge in [-0.05, 0) is 87.9 Å². The first-order valence-electron chi connectivity index (χ1n) is 15.2. The number of aromatic nitrogens is 2. The summed E-state index contributed by atoms with van der Waals surface area (Å²) >= 11 is 0. The molecule has 37 heavy (non-hydrogen) atoms. The van der Waals surface area contributed by atoms with Crippen LogP contribution in [0.15, 0.2) is 0 Å². The van der Waals surface area contributed by atoms with Crippen molar-refractivity contribution in [2.24, 2.45) is 23.7 Å². The molecule has 1 unspecified atom stereocenters. The zero-order valence-electron chi connectivity index (χ0n) is 22.1. The number of amides is 3. The first kappa shape index (κ1) is 24.0. The maximum Gasteiger partial charge on any atom is 0.317 e. The number of nitrogens with one attached hydrogen (secondary N) is 2. The van der Waals surface area contributed by atoms with E-state index in [1.165, 1.54) is 57.1 Å². The van der Waals surface area contributed by atoms with Gasteiger partial charge in [-0.2, -0.15) is 5.10 Å². The van der Waals surface area contributed by atoms with E-state index >= 15 is 0 Å². The Morgan fingerprint density at radius 1 is 0.865 bits per heavy atom. The Kier molecular flexibility index (Phi) is 6.42. The highest BCUT2D eigenvalue weighted by Crippen LogP contribution is 2.53. The van der Waals surface area contributed by atoms with Gasteiger partial charge in [0.1, 0.15) is 0 Å². The summed E-state index contributed by atoms with van der Waals surface area (Å²) in [5.41, 5.74) is 2.98. The summed E-state index contributed by atoms with van der Waals surface area (Å²) in [5.74, 6) is 3.12. The molecule has 0 radical (unpaired) electrons. The molecule has 3 amide bonds. The zero-order chi connectivity index (χ0) is 24.9. The third-order valence-electron chi connectivity index (χ3n) is 10.6. The SMILES string of the molecule is O=C(NC1C2CC3CC(C2)CC1C3)c1nn(C2CCCCC2)c2c1CC(NC(=O)N1CCOCC1)CC2. The lowest BCUT2D eigenvalue weighted by atomic mass is 9.54. The van der Waals surface area contributed by atoms with Crippen molar-refractivity contribution in [2.45, 2.75) is 102 Å². The predicted molar refractivity (Wildman–Crippen MR) is 139 cm³/mol. The van der Waals surface area contributed by atoms with Crippen LogP contribution < -0.4 is 10.6 Å². The minimum Gasteiger partial charge on any atom is -0.378 e. The standard InChI is InChI=1S/C29H43N5O3/c35-28(31-26-20-13-18-12-19(15-20)16-21(26)14-18)27-24-17-22(30-29(36)33-8-10-37-11-9-33)6-7-25(24)34(32-27)23-4-2-1-3-5-23/h18-23,26H,1-17H2,(H,30,36)(H,31,35). The van der Waals surface area contributed by atoms with Crippen molar-refractivity contribution < 1.29 is 14.3 Å². The van der Waals surface area contributed by atoms with E-state index in [2.05, 4.69) is 15.3 Å². The monoisotopic (exact) mass is 509 g/mol. The molecule has 0 aromatic carbocycles. The number of urea groups is 1. The molecule has 1 aliphatic heterocycles. The Hall–Kier alpha value is -2.09. The molecule has 202 valence electrons. The Balaban J connectivity index is 1.12. The summed E-state index contributed by atoms with van der Waals surface area (Å²) in [6, 6.07) is 0.761. The van der Waals surface area contributed by atoms with Crippen LogP contribution in [0.4, 0.5) is 4.79 Å². The average Bonchev–Trinajstić information content (AvgIpc) is 3.30. The van der Waals surface area contributed by atoms with Crippen molar-refractivity contribution in [2.75, 3.05) is 26.3 Å². The quantitative estimate of drug-likeness (QED) is 0.646. The second-order valence-corrected chi connectivity index (χ2v) is 12.9. The molecule has 4 bridgehead atoms. The third kappa shape index (κ3) is 4.57. The van der Waals surface area contributed by atoms with E-state index in [9.17, 15) is 9.59 Å². The molecular weight excluding hydrogens is 466 g/mol. The van der Waals surface area contributed by atoms with Gasteiger partial charge < -0.3 is 20.3 Å². The molecule has 8 rings (SSSR count). The van der Waals surface area contributed by atoms with Crippen LogP contribution in [0.2, 0.25) is 0 Å². The number of hydrogen-bond donors (Lipinski definition) is 2. The minimum absolute atomic E-state index is 0.00369. The van der Waals surface area contributed by atoms with Gasteiger partial charge in [0.2, 0.25) is 0 Å². The van der Waals surface area contributed by atoms with Crippen LogP contribution in [-0.2, 0) is 17.6 Å². The minimum atomic E-state index is -0.00369. The van der Waals surface area contributed by atoms with Gasteiger partial charge in [-0.25, -0.2) is 4.79 Å². The second kappa shape index (κ2) is 9.90. The fourth-order valence-electron chi connectivity index (χ4n) is 8.99. The van der Waals surface area contributed by atoms with E-state index in [-0.39, 0.29) is 18.0 Å². The summed E-state index contributed by atoms with van der Waals surface area (Å²) in [6.45, 7) is 2.49. The van der Waals surface area contributed by atoms with Gasteiger partial charge in [-0.1, -0.05) is 19.3 Å². The number of morpholine rings is 1. The lowest BCUT2D eigenvalue weighted by Crippen LogP contribution is -2.56. The van der Waals surface area contributed by atoms with Crippen LogP contribution in [0.1, 0.15) is 98.4 Å². The lowest BCUT2D eigenvalue weighted by molar-refractivity contribution is -0.0120. The van der Waals surface area contributed by atoms with Gasteiger partial charge in [0, 0.05) is 36.4 Å². The number of ether oxygens (including phenoxy) is 1. The highest BCUT2D eigenvalue weighted by Gasteiger charge is 2.49. The molecule has 1 saturated heterocycles. The topological polar surface area (TPSA) is 88.5 Å². The Labute approximate surface area is 220 Å². The first-order valence-corrected chi connectivity index (χ1v) is 15.2.